The van der Waals surface area contributed by atoms with Crippen LogP contribution in [0.3, 0.4) is 0 Å². The van der Waals surface area contributed by atoms with Crippen molar-refractivity contribution < 1.29 is 4.39 Å². The molecule has 0 saturated carbocycles. The maximum Gasteiger partial charge on any atom is 0.166 e. The predicted octanol–water partition coefficient (Wildman–Crippen LogP) is 7.33. The minimum absolute atomic E-state index is 0.0786. The number of nitrogens with one attached hydrogen (secondary N) is 2. The topological polar surface area (TPSA) is 53.6 Å². The molecular weight excluding hydrogens is 431 g/mol. The first-order valence-electron chi connectivity index (χ1n) is 10.7. The van der Waals surface area contributed by atoms with Gasteiger partial charge in [0.1, 0.15) is 11.6 Å². The van der Waals surface area contributed by atoms with Gasteiger partial charge in [0.2, 0.25) is 0 Å². The molecule has 0 aliphatic rings. The largest absolute Gasteiger partial charge is 0.364 e. The molecule has 5 rings (SSSR count). The fraction of sp³-hybridized carbons (Fsp3) is 0.111. The van der Waals surface area contributed by atoms with Gasteiger partial charge in [-0.25, -0.2) is 14.4 Å². The molecule has 164 valence electrons. The molecule has 2 heterocycles. The summed E-state index contributed by atoms with van der Waals surface area (Å²) in [6.45, 7) is 2.13. The predicted molar refractivity (Wildman–Crippen MR) is 135 cm³/mol. The second-order valence-corrected chi connectivity index (χ2v) is 8.67. The summed E-state index contributed by atoms with van der Waals surface area (Å²) in [5.74, 6) is 0.509. The molecule has 0 amide bonds. The Morgan fingerprint density at radius 3 is 2.48 bits per heavy atom. The van der Waals surface area contributed by atoms with E-state index in [1.54, 1.807) is 18.3 Å². The molecule has 33 heavy (non-hydrogen) atoms. The van der Waals surface area contributed by atoms with E-state index in [1.807, 2.05) is 18.4 Å². The quantitative estimate of drug-likeness (QED) is 0.264. The van der Waals surface area contributed by atoms with Crippen molar-refractivity contribution in [3.8, 4) is 22.5 Å². The number of benzene rings is 3. The zero-order valence-electron chi connectivity index (χ0n) is 18.3. The Hall–Kier alpha value is -3.64. The van der Waals surface area contributed by atoms with Crippen LogP contribution in [0.15, 0.2) is 90.2 Å². The highest BCUT2D eigenvalue weighted by Crippen LogP contribution is 2.33. The zero-order chi connectivity index (χ0) is 22.8. The van der Waals surface area contributed by atoms with Gasteiger partial charge in [0.15, 0.2) is 5.16 Å². The smallest absolute Gasteiger partial charge is 0.166 e. The second-order valence-electron chi connectivity index (χ2n) is 7.88. The number of nitrogens with zero attached hydrogens (tertiary/aromatic N) is 2. The van der Waals surface area contributed by atoms with E-state index in [1.165, 1.54) is 40.2 Å². The summed E-state index contributed by atoms with van der Waals surface area (Å²) >= 11 is 1.54. The summed E-state index contributed by atoms with van der Waals surface area (Å²) in [6, 6.07) is 25.3. The van der Waals surface area contributed by atoms with E-state index in [2.05, 4.69) is 64.7 Å². The molecule has 0 fully saturated rings. The molecule has 2 aromatic heterocycles. The van der Waals surface area contributed by atoms with Gasteiger partial charge >= 0.3 is 0 Å². The molecule has 1 atom stereocenters. The number of hydrogen-bond donors (Lipinski definition) is 2. The average molecular weight is 455 g/mol. The van der Waals surface area contributed by atoms with Crippen LogP contribution >= 0.6 is 11.8 Å². The third-order valence-corrected chi connectivity index (χ3v) is 6.26. The van der Waals surface area contributed by atoms with Gasteiger partial charge in [0, 0.05) is 23.4 Å². The van der Waals surface area contributed by atoms with Gasteiger partial charge in [-0.3, -0.25) is 0 Å². The Morgan fingerprint density at radius 1 is 0.909 bits per heavy atom. The fourth-order valence-electron chi connectivity index (χ4n) is 3.92. The maximum absolute atomic E-state index is 13.5. The van der Waals surface area contributed by atoms with Crippen LogP contribution in [0.1, 0.15) is 18.5 Å². The molecule has 0 spiro atoms. The lowest BCUT2D eigenvalue weighted by atomic mass is 10.0. The lowest BCUT2D eigenvalue weighted by Gasteiger charge is -2.16. The summed E-state index contributed by atoms with van der Waals surface area (Å²) in [5, 5.41) is 6.77. The van der Waals surface area contributed by atoms with Crippen molar-refractivity contribution in [3.05, 3.63) is 96.4 Å². The number of thioether (sulfide) groups is 1. The Bertz CT molecular complexity index is 1410. The highest BCUT2D eigenvalue weighted by atomic mass is 32.2. The number of hydrogen-bond acceptors (Lipinski definition) is 4. The van der Waals surface area contributed by atoms with Crippen LogP contribution in [0.5, 0.6) is 0 Å². The van der Waals surface area contributed by atoms with Crippen LogP contribution in [-0.4, -0.2) is 21.2 Å². The van der Waals surface area contributed by atoms with E-state index < -0.39 is 0 Å². The second kappa shape index (κ2) is 9.08. The minimum atomic E-state index is -0.261. The number of fused-ring (bicyclic) bond motifs is 1. The van der Waals surface area contributed by atoms with Crippen LogP contribution in [0.2, 0.25) is 0 Å². The number of halogens is 1. The first kappa shape index (κ1) is 21.2. The van der Waals surface area contributed by atoms with Crippen LogP contribution in [0, 0.1) is 5.82 Å². The van der Waals surface area contributed by atoms with E-state index in [0.717, 1.165) is 33.5 Å². The van der Waals surface area contributed by atoms with E-state index in [4.69, 9.17) is 4.98 Å². The SMILES string of the molecule is CSc1nc(-c2ccnc(NC(C)c3ccc4ccccc4c3)c2)c(-c2ccc(F)cc2)[nH]1. The van der Waals surface area contributed by atoms with E-state index in [0.29, 0.717) is 0 Å². The Labute approximate surface area is 196 Å². The average Bonchev–Trinajstić information content (AvgIpc) is 3.29. The third-order valence-electron chi connectivity index (χ3n) is 5.68. The van der Waals surface area contributed by atoms with Gasteiger partial charge in [0.05, 0.1) is 11.4 Å². The molecule has 6 heteroatoms. The molecule has 0 saturated heterocycles. The summed E-state index contributed by atoms with van der Waals surface area (Å²) < 4.78 is 13.5. The summed E-state index contributed by atoms with van der Waals surface area (Å²) in [4.78, 5) is 12.7. The van der Waals surface area contributed by atoms with Crippen molar-refractivity contribution in [3.63, 3.8) is 0 Å². The van der Waals surface area contributed by atoms with Crippen LogP contribution < -0.4 is 5.32 Å². The summed E-state index contributed by atoms with van der Waals surface area (Å²) in [5.41, 5.74) is 4.69. The van der Waals surface area contributed by atoms with Gasteiger partial charge in [-0.15, -0.1) is 0 Å². The molecule has 0 aliphatic carbocycles. The number of H-pyrrole nitrogens is 1. The molecule has 5 aromatic rings. The van der Waals surface area contributed by atoms with Crippen molar-refractivity contribution in [2.24, 2.45) is 0 Å². The van der Waals surface area contributed by atoms with Crippen LogP contribution in [0.4, 0.5) is 10.2 Å². The van der Waals surface area contributed by atoms with Crippen molar-refractivity contribution in [2.45, 2.75) is 18.1 Å². The normalized spacial score (nSPS) is 12.1. The molecule has 2 N–H and O–H groups in total. The third kappa shape index (κ3) is 4.47. The molecule has 4 nitrogen and oxygen atoms in total. The number of rotatable bonds is 6. The minimum Gasteiger partial charge on any atom is -0.364 e. The summed E-state index contributed by atoms with van der Waals surface area (Å²) in [6.07, 6.45) is 3.76. The first-order valence-corrected chi connectivity index (χ1v) is 11.9. The van der Waals surface area contributed by atoms with Gasteiger partial charge in [0.25, 0.3) is 0 Å². The molecule has 3 aromatic carbocycles. The van der Waals surface area contributed by atoms with Crippen molar-refractivity contribution in [1.82, 2.24) is 15.0 Å². The Morgan fingerprint density at radius 2 is 1.70 bits per heavy atom. The molecule has 0 bridgehead atoms. The summed E-state index contributed by atoms with van der Waals surface area (Å²) in [7, 11) is 0. The van der Waals surface area contributed by atoms with Gasteiger partial charge in [-0.1, -0.05) is 48.2 Å². The number of aromatic amines is 1. The highest BCUT2D eigenvalue weighted by Gasteiger charge is 2.15. The van der Waals surface area contributed by atoms with Crippen molar-refractivity contribution >= 4 is 28.4 Å². The Kier molecular flexibility index (Phi) is 5.84. The molecule has 0 radical (unpaired) electrons. The first-order chi connectivity index (χ1) is 16.1. The van der Waals surface area contributed by atoms with Crippen molar-refractivity contribution in [2.75, 3.05) is 11.6 Å². The highest BCUT2D eigenvalue weighted by molar-refractivity contribution is 7.98. The van der Waals surface area contributed by atoms with Gasteiger partial charge in [-0.05, 0) is 72.0 Å². The van der Waals surface area contributed by atoms with Crippen molar-refractivity contribution in [1.29, 1.82) is 0 Å². The number of anilines is 1. The number of pyridine rings is 1. The number of imidazole rings is 1. The standard InChI is InChI=1S/C27H23FN4S/c1-17(20-8-7-18-5-3-4-6-21(18)15-20)30-24-16-22(13-14-29-24)26-25(31-27(32-26)33-2)19-9-11-23(28)12-10-19/h3-17H,1-2H3,(H,29,30)(H,31,32). The van der Waals surface area contributed by atoms with Gasteiger partial charge in [-0.2, -0.15) is 0 Å². The molecule has 1 unspecified atom stereocenters. The Balaban J connectivity index is 1.45. The zero-order valence-corrected chi connectivity index (χ0v) is 19.2. The molecular formula is C27H23FN4S. The van der Waals surface area contributed by atoms with E-state index in [9.17, 15) is 4.39 Å². The lowest BCUT2D eigenvalue weighted by molar-refractivity contribution is 0.628. The maximum atomic E-state index is 13.5. The van der Waals surface area contributed by atoms with Crippen LogP contribution in [0.25, 0.3) is 33.3 Å². The fourth-order valence-corrected chi connectivity index (χ4v) is 4.31. The van der Waals surface area contributed by atoms with Gasteiger partial charge < -0.3 is 10.3 Å². The van der Waals surface area contributed by atoms with Crippen LogP contribution in [-0.2, 0) is 0 Å². The molecule has 0 aliphatic heterocycles. The lowest BCUT2D eigenvalue weighted by Crippen LogP contribution is -2.07. The number of aromatic nitrogens is 3. The van der Waals surface area contributed by atoms with E-state index >= 15 is 0 Å². The van der Waals surface area contributed by atoms with E-state index in [-0.39, 0.29) is 11.9 Å². The monoisotopic (exact) mass is 454 g/mol.